The predicted octanol–water partition coefficient (Wildman–Crippen LogP) is 8.48. The van der Waals surface area contributed by atoms with Crippen LogP contribution in [0.15, 0.2) is 61.2 Å². The molecule has 0 amide bonds. The molecule has 0 atom stereocenters. The Bertz CT molecular complexity index is 936. The van der Waals surface area contributed by atoms with Crippen molar-refractivity contribution in [3.63, 3.8) is 0 Å². The van der Waals surface area contributed by atoms with E-state index in [-0.39, 0.29) is 5.97 Å². The molecule has 2 rings (SSSR count). The molecule has 0 aliphatic carbocycles. The van der Waals surface area contributed by atoms with Crippen molar-refractivity contribution in [1.82, 2.24) is 0 Å². The Morgan fingerprint density at radius 3 is 1.56 bits per heavy atom. The summed E-state index contributed by atoms with van der Waals surface area (Å²) < 4.78 is 22.0. The minimum atomic E-state index is -0.396. The molecule has 0 unspecified atom stereocenters. The standard InChI is InChI=1S/C33H46O6/c1-3-5-14-25-36-30-21-23-31(24-22-30)39-33(35)28-17-19-29(20-18-28)37-26-15-12-10-8-6-7-9-11-13-16-27-38-32(34)4-2/h4,17-24H,2-3,5-16,25-27H2,1H3. The van der Waals surface area contributed by atoms with Gasteiger partial charge in [0.05, 0.1) is 25.4 Å². The molecule has 0 aromatic heterocycles. The van der Waals surface area contributed by atoms with Crippen LogP contribution in [0.2, 0.25) is 0 Å². The number of hydrogen-bond donors (Lipinski definition) is 0. The van der Waals surface area contributed by atoms with Gasteiger partial charge in [-0.15, -0.1) is 0 Å². The number of ether oxygens (including phenoxy) is 4. The Kier molecular flexibility index (Phi) is 16.9. The molecule has 0 bridgehead atoms. The van der Waals surface area contributed by atoms with Gasteiger partial charge in [0, 0.05) is 6.08 Å². The van der Waals surface area contributed by atoms with Gasteiger partial charge in [0.15, 0.2) is 0 Å². The number of rotatable bonds is 22. The Hall–Kier alpha value is -3.28. The summed E-state index contributed by atoms with van der Waals surface area (Å²) in [6, 6.07) is 14.2. The van der Waals surface area contributed by atoms with Gasteiger partial charge in [-0.3, -0.25) is 0 Å². The molecule has 39 heavy (non-hydrogen) atoms. The summed E-state index contributed by atoms with van der Waals surface area (Å²) in [6.45, 7) is 7.41. The van der Waals surface area contributed by atoms with E-state index >= 15 is 0 Å². The number of unbranched alkanes of at least 4 members (excludes halogenated alkanes) is 11. The quantitative estimate of drug-likeness (QED) is 0.0648. The van der Waals surface area contributed by atoms with Crippen molar-refractivity contribution in [3.05, 3.63) is 66.7 Å². The minimum Gasteiger partial charge on any atom is -0.494 e. The van der Waals surface area contributed by atoms with Crippen LogP contribution in [0.4, 0.5) is 0 Å². The van der Waals surface area contributed by atoms with Gasteiger partial charge < -0.3 is 18.9 Å². The summed E-state index contributed by atoms with van der Waals surface area (Å²) in [7, 11) is 0. The van der Waals surface area contributed by atoms with Crippen LogP contribution in [0, 0.1) is 0 Å². The molecule has 0 spiro atoms. The molecule has 0 saturated carbocycles. The first-order valence-electron chi connectivity index (χ1n) is 14.6. The molecule has 0 saturated heterocycles. The van der Waals surface area contributed by atoms with E-state index in [1.54, 1.807) is 24.3 Å². The van der Waals surface area contributed by atoms with Gasteiger partial charge in [-0.05, 0) is 67.8 Å². The van der Waals surface area contributed by atoms with E-state index in [1.165, 1.54) is 44.6 Å². The van der Waals surface area contributed by atoms with Crippen molar-refractivity contribution in [3.8, 4) is 17.2 Å². The molecule has 0 aliphatic rings. The zero-order chi connectivity index (χ0) is 28.0. The van der Waals surface area contributed by atoms with Gasteiger partial charge in [0.25, 0.3) is 0 Å². The highest BCUT2D eigenvalue weighted by Crippen LogP contribution is 2.20. The Morgan fingerprint density at radius 2 is 1.05 bits per heavy atom. The van der Waals surface area contributed by atoms with Crippen LogP contribution < -0.4 is 14.2 Å². The van der Waals surface area contributed by atoms with Gasteiger partial charge >= 0.3 is 11.9 Å². The number of hydrogen-bond acceptors (Lipinski definition) is 6. The van der Waals surface area contributed by atoms with Crippen molar-refractivity contribution >= 4 is 11.9 Å². The SMILES string of the molecule is C=CC(=O)OCCCCCCCCCCCCOc1ccc(C(=O)Oc2ccc(OCCCCC)cc2)cc1. The summed E-state index contributed by atoms with van der Waals surface area (Å²) in [5, 5.41) is 0. The fourth-order valence-corrected chi connectivity index (χ4v) is 4.04. The molecule has 0 radical (unpaired) electrons. The average Bonchev–Trinajstić information content (AvgIpc) is 2.96. The maximum atomic E-state index is 12.5. The topological polar surface area (TPSA) is 71.1 Å². The number of carbonyl (C=O) groups is 2. The summed E-state index contributed by atoms with van der Waals surface area (Å²) in [4.78, 5) is 23.4. The molecule has 0 aliphatic heterocycles. The normalized spacial score (nSPS) is 10.6. The summed E-state index contributed by atoms with van der Waals surface area (Å²) in [5.41, 5.74) is 0.485. The first-order chi connectivity index (χ1) is 19.1. The number of benzene rings is 2. The molecule has 0 N–H and O–H groups in total. The van der Waals surface area contributed by atoms with E-state index in [1.807, 2.05) is 24.3 Å². The van der Waals surface area contributed by atoms with E-state index in [9.17, 15) is 9.59 Å². The lowest BCUT2D eigenvalue weighted by Gasteiger charge is -2.09. The lowest BCUT2D eigenvalue weighted by Crippen LogP contribution is -2.08. The molecule has 2 aromatic rings. The fraction of sp³-hybridized carbons (Fsp3) is 0.515. The highest BCUT2D eigenvalue weighted by molar-refractivity contribution is 5.91. The molecule has 0 fully saturated rings. The zero-order valence-electron chi connectivity index (χ0n) is 23.7. The van der Waals surface area contributed by atoms with Crippen LogP contribution in [-0.4, -0.2) is 31.8 Å². The first-order valence-corrected chi connectivity index (χ1v) is 14.6. The summed E-state index contributed by atoms with van der Waals surface area (Å²) in [5.74, 6) is 1.30. The molecule has 6 heteroatoms. The molecular weight excluding hydrogens is 492 g/mol. The van der Waals surface area contributed by atoms with Crippen molar-refractivity contribution in [2.75, 3.05) is 19.8 Å². The van der Waals surface area contributed by atoms with Gasteiger partial charge in [0.2, 0.25) is 0 Å². The van der Waals surface area contributed by atoms with E-state index in [0.717, 1.165) is 56.4 Å². The largest absolute Gasteiger partial charge is 0.494 e. The summed E-state index contributed by atoms with van der Waals surface area (Å²) in [6.07, 6.45) is 16.2. The maximum absolute atomic E-state index is 12.5. The third-order valence-corrected chi connectivity index (χ3v) is 6.36. The molecular formula is C33H46O6. The van der Waals surface area contributed by atoms with E-state index in [0.29, 0.717) is 31.1 Å². The van der Waals surface area contributed by atoms with Crippen LogP contribution in [0.3, 0.4) is 0 Å². The minimum absolute atomic E-state index is 0.336. The predicted molar refractivity (Wildman–Crippen MR) is 156 cm³/mol. The van der Waals surface area contributed by atoms with Gasteiger partial charge in [-0.25, -0.2) is 9.59 Å². The van der Waals surface area contributed by atoms with E-state index in [4.69, 9.17) is 18.9 Å². The van der Waals surface area contributed by atoms with Crippen molar-refractivity contribution < 1.29 is 28.5 Å². The highest BCUT2D eigenvalue weighted by atomic mass is 16.5. The van der Waals surface area contributed by atoms with E-state index in [2.05, 4.69) is 13.5 Å². The van der Waals surface area contributed by atoms with Crippen molar-refractivity contribution in [1.29, 1.82) is 0 Å². The Morgan fingerprint density at radius 1 is 0.615 bits per heavy atom. The average molecular weight is 539 g/mol. The molecule has 2 aromatic carbocycles. The smallest absolute Gasteiger partial charge is 0.343 e. The second kappa shape index (κ2) is 20.7. The van der Waals surface area contributed by atoms with Crippen LogP contribution in [0.1, 0.15) is 101 Å². The van der Waals surface area contributed by atoms with Gasteiger partial charge in [-0.2, -0.15) is 0 Å². The Balaban J connectivity index is 1.49. The Labute approximate surface area is 234 Å². The van der Waals surface area contributed by atoms with Gasteiger partial charge in [-0.1, -0.05) is 77.7 Å². The molecule has 214 valence electrons. The maximum Gasteiger partial charge on any atom is 0.343 e. The monoisotopic (exact) mass is 538 g/mol. The third-order valence-electron chi connectivity index (χ3n) is 6.36. The van der Waals surface area contributed by atoms with Crippen LogP contribution >= 0.6 is 0 Å². The zero-order valence-corrected chi connectivity index (χ0v) is 23.7. The molecule has 6 nitrogen and oxygen atoms in total. The third kappa shape index (κ3) is 15.0. The fourth-order valence-electron chi connectivity index (χ4n) is 4.04. The van der Waals surface area contributed by atoms with Crippen LogP contribution in [-0.2, 0) is 9.53 Å². The molecule has 0 heterocycles. The first kappa shape index (κ1) is 31.9. The second-order valence-electron chi connectivity index (χ2n) is 9.70. The second-order valence-corrected chi connectivity index (χ2v) is 9.70. The van der Waals surface area contributed by atoms with Crippen LogP contribution in [0.5, 0.6) is 17.2 Å². The number of esters is 2. The lowest BCUT2D eigenvalue weighted by molar-refractivity contribution is -0.137. The van der Waals surface area contributed by atoms with Gasteiger partial charge in [0.1, 0.15) is 17.2 Å². The van der Waals surface area contributed by atoms with Crippen molar-refractivity contribution in [2.45, 2.75) is 90.4 Å². The number of carbonyl (C=O) groups excluding carboxylic acids is 2. The highest BCUT2D eigenvalue weighted by Gasteiger charge is 2.09. The lowest BCUT2D eigenvalue weighted by atomic mass is 10.1. The summed E-state index contributed by atoms with van der Waals surface area (Å²) >= 11 is 0. The van der Waals surface area contributed by atoms with Crippen molar-refractivity contribution in [2.24, 2.45) is 0 Å². The van der Waals surface area contributed by atoms with Crippen LogP contribution in [0.25, 0.3) is 0 Å². The van der Waals surface area contributed by atoms with E-state index < -0.39 is 5.97 Å².